The number of rotatable bonds is 4. The SMILES string of the molecule is CC(=O)Oc1ccc(C=C2N=C(c3ccc(Cl)cc3Cl)OC2=O)cc1OC(C)=O. The van der Waals surface area contributed by atoms with Gasteiger partial charge in [0.05, 0.1) is 10.6 Å². The van der Waals surface area contributed by atoms with Gasteiger partial charge in [0, 0.05) is 18.9 Å². The van der Waals surface area contributed by atoms with E-state index in [4.69, 9.17) is 37.4 Å². The lowest BCUT2D eigenvalue weighted by Crippen LogP contribution is -2.07. The predicted octanol–water partition coefficient (Wildman–Crippen LogP) is 4.19. The van der Waals surface area contributed by atoms with Crippen molar-refractivity contribution in [2.45, 2.75) is 13.8 Å². The Hall–Kier alpha value is -3.16. The highest BCUT2D eigenvalue weighted by Crippen LogP contribution is 2.31. The fourth-order valence-corrected chi connectivity index (χ4v) is 2.92. The molecule has 0 saturated heterocycles. The van der Waals surface area contributed by atoms with Crippen molar-refractivity contribution in [1.82, 2.24) is 0 Å². The van der Waals surface area contributed by atoms with Gasteiger partial charge in [-0.2, -0.15) is 0 Å². The Balaban J connectivity index is 1.96. The number of benzene rings is 2. The van der Waals surface area contributed by atoms with Crippen LogP contribution in [0.15, 0.2) is 47.1 Å². The molecule has 148 valence electrons. The van der Waals surface area contributed by atoms with Crippen molar-refractivity contribution < 1.29 is 28.6 Å². The van der Waals surface area contributed by atoms with Crippen molar-refractivity contribution in [3.8, 4) is 11.5 Å². The van der Waals surface area contributed by atoms with Crippen molar-refractivity contribution in [3.63, 3.8) is 0 Å². The van der Waals surface area contributed by atoms with Crippen LogP contribution in [0.4, 0.5) is 0 Å². The van der Waals surface area contributed by atoms with Crippen LogP contribution in [0.3, 0.4) is 0 Å². The Kier molecular flexibility index (Phi) is 6.00. The van der Waals surface area contributed by atoms with Crippen LogP contribution in [0.5, 0.6) is 11.5 Å². The van der Waals surface area contributed by atoms with E-state index in [1.54, 1.807) is 18.2 Å². The summed E-state index contributed by atoms with van der Waals surface area (Å²) in [7, 11) is 0. The van der Waals surface area contributed by atoms with Gasteiger partial charge in [-0.3, -0.25) is 9.59 Å². The van der Waals surface area contributed by atoms with Crippen LogP contribution in [0, 0.1) is 0 Å². The van der Waals surface area contributed by atoms with Crippen molar-refractivity contribution in [3.05, 3.63) is 63.3 Å². The highest BCUT2D eigenvalue weighted by molar-refractivity contribution is 6.37. The van der Waals surface area contributed by atoms with Crippen LogP contribution in [0.1, 0.15) is 25.0 Å². The van der Waals surface area contributed by atoms with Gasteiger partial charge in [-0.25, -0.2) is 9.79 Å². The molecule has 2 aromatic rings. The Bertz CT molecular complexity index is 1090. The van der Waals surface area contributed by atoms with Gasteiger partial charge in [0.15, 0.2) is 17.2 Å². The number of ether oxygens (including phenoxy) is 3. The van der Waals surface area contributed by atoms with Crippen LogP contribution < -0.4 is 9.47 Å². The normalized spacial score (nSPS) is 14.4. The molecule has 0 N–H and O–H groups in total. The average molecular weight is 434 g/mol. The van der Waals surface area contributed by atoms with Gasteiger partial charge in [-0.05, 0) is 42.0 Å². The van der Waals surface area contributed by atoms with Crippen LogP contribution >= 0.6 is 23.2 Å². The fraction of sp³-hybridized carbons (Fsp3) is 0.100. The smallest absolute Gasteiger partial charge is 0.363 e. The molecule has 0 saturated carbocycles. The Morgan fingerprint density at radius 1 is 1.00 bits per heavy atom. The largest absolute Gasteiger partial charge is 0.423 e. The van der Waals surface area contributed by atoms with E-state index in [-0.39, 0.29) is 28.1 Å². The highest BCUT2D eigenvalue weighted by Gasteiger charge is 2.26. The van der Waals surface area contributed by atoms with Gasteiger partial charge < -0.3 is 14.2 Å². The molecule has 0 atom stereocenters. The summed E-state index contributed by atoms with van der Waals surface area (Å²) >= 11 is 12.0. The van der Waals surface area contributed by atoms with Crippen LogP contribution in [0.2, 0.25) is 10.0 Å². The Morgan fingerprint density at radius 2 is 1.69 bits per heavy atom. The molecule has 0 aromatic heterocycles. The molecular weight excluding hydrogens is 421 g/mol. The number of esters is 3. The molecule has 0 bridgehead atoms. The molecule has 3 rings (SSSR count). The van der Waals surface area contributed by atoms with Crippen LogP contribution in [-0.2, 0) is 19.1 Å². The summed E-state index contributed by atoms with van der Waals surface area (Å²) in [5.41, 5.74) is 0.898. The van der Waals surface area contributed by atoms with E-state index in [2.05, 4.69) is 4.99 Å². The minimum atomic E-state index is -0.677. The first-order valence-corrected chi connectivity index (χ1v) is 8.97. The van der Waals surface area contributed by atoms with Gasteiger partial charge in [0.1, 0.15) is 0 Å². The molecule has 0 spiro atoms. The number of hydrogen-bond donors (Lipinski definition) is 0. The lowest BCUT2D eigenvalue weighted by molar-refractivity contribution is -0.134. The van der Waals surface area contributed by atoms with Crippen molar-refractivity contribution in [2.24, 2.45) is 4.99 Å². The van der Waals surface area contributed by atoms with Gasteiger partial charge in [-0.1, -0.05) is 29.3 Å². The lowest BCUT2D eigenvalue weighted by Gasteiger charge is -2.09. The first-order valence-electron chi connectivity index (χ1n) is 8.22. The van der Waals surface area contributed by atoms with Gasteiger partial charge >= 0.3 is 17.9 Å². The Morgan fingerprint density at radius 3 is 2.34 bits per heavy atom. The second-order valence-corrected chi connectivity index (χ2v) is 6.70. The number of hydrogen-bond acceptors (Lipinski definition) is 7. The quantitative estimate of drug-likeness (QED) is 0.407. The van der Waals surface area contributed by atoms with E-state index in [9.17, 15) is 14.4 Å². The van der Waals surface area contributed by atoms with E-state index in [0.717, 1.165) is 0 Å². The second-order valence-electron chi connectivity index (χ2n) is 5.85. The number of cyclic esters (lactones) is 1. The summed E-state index contributed by atoms with van der Waals surface area (Å²) in [6.45, 7) is 2.43. The molecule has 29 heavy (non-hydrogen) atoms. The number of carbonyl (C=O) groups is 3. The first kappa shape index (κ1) is 20.6. The summed E-state index contributed by atoms with van der Waals surface area (Å²) in [6.07, 6.45) is 1.43. The first-order chi connectivity index (χ1) is 13.7. The maximum absolute atomic E-state index is 12.2. The third kappa shape index (κ3) is 5.01. The molecule has 0 unspecified atom stereocenters. The van der Waals surface area contributed by atoms with Gasteiger partial charge in [-0.15, -0.1) is 0 Å². The van der Waals surface area contributed by atoms with Gasteiger partial charge in [0.2, 0.25) is 5.90 Å². The maximum Gasteiger partial charge on any atom is 0.363 e. The molecule has 1 heterocycles. The van der Waals surface area contributed by atoms with E-state index < -0.39 is 17.9 Å². The van der Waals surface area contributed by atoms with Crippen LogP contribution in [0.25, 0.3) is 6.08 Å². The molecular formula is C20H13Cl2NO6. The third-order valence-electron chi connectivity index (χ3n) is 3.56. The lowest BCUT2D eigenvalue weighted by atomic mass is 10.1. The molecule has 9 heteroatoms. The molecule has 0 radical (unpaired) electrons. The van der Waals surface area contributed by atoms with Crippen molar-refractivity contribution >= 4 is 53.1 Å². The van der Waals surface area contributed by atoms with Gasteiger partial charge in [0.25, 0.3) is 0 Å². The van der Waals surface area contributed by atoms with Crippen molar-refractivity contribution in [2.75, 3.05) is 0 Å². The Labute approximate surface area is 175 Å². The monoisotopic (exact) mass is 433 g/mol. The minimum absolute atomic E-state index is 0.0139. The zero-order chi connectivity index (χ0) is 21.1. The molecule has 0 fully saturated rings. The molecule has 7 nitrogen and oxygen atoms in total. The van der Waals surface area contributed by atoms with Crippen LogP contribution in [-0.4, -0.2) is 23.8 Å². The fourth-order valence-electron chi connectivity index (χ4n) is 2.43. The van der Waals surface area contributed by atoms with E-state index in [1.807, 2.05) is 0 Å². The number of carbonyl (C=O) groups excluding carboxylic acids is 3. The summed E-state index contributed by atoms with van der Waals surface area (Å²) in [5.74, 6) is -1.71. The minimum Gasteiger partial charge on any atom is -0.423 e. The molecule has 2 aromatic carbocycles. The average Bonchev–Trinajstić information content (AvgIpc) is 2.96. The second kappa shape index (κ2) is 8.46. The summed E-state index contributed by atoms with van der Waals surface area (Å²) < 4.78 is 15.3. The molecule has 0 amide bonds. The summed E-state index contributed by atoms with van der Waals surface area (Å²) in [5, 5.41) is 0.721. The number of nitrogens with zero attached hydrogens (tertiary/aromatic N) is 1. The highest BCUT2D eigenvalue weighted by atomic mass is 35.5. The van der Waals surface area contributed by atoms with E-state index >= 15 is 0 Å². The van der Waals surface area contributed by atoms with Crippen molar-refractivity contribution in [1.29, 1.82) is 0 Å². The predicted molar refractivity (Wildman–Crippen MR) is 106 cm³/mol. The maximum atomic E-state index is 12.2. The topological polar surface area (TPSA) is 91.3 Å². The van der Waals surface area contributed by atoms with E-state index in [1.165, 1.54) is 38.1 Å². The number of aliphatic imine (C=N–C) groups is 1. The standard InChI is InChI=1S/C20H13Cl2NO6/c1-10(24)27-17-6-3-12(8-18(17)28-11(2)25)7-16-20(26)29-19(23-16)14-5-4-13(21)9-15(14)22/h3-9H,1-2H3. The van der Waals surface area contributed by atoms with E-state index in [0.29, 0.717) is 16.1 Å². The number of halogens is 2. The molecule has 1 aliphatic heterocycles. The summed E-state index contributed by atoms with van der Waals surface area (Å²) in [6, 6.07) is 9.13. The molecule has 0 aliphatic carbocycles. The zero-order valence-corrected chi connectivity index (χ0v) is 16.7. The zero-order valence-electron chi connectivity index (χ0n) is 15.2. The summed E-state index contributed by atoms with van der Waals surface area (Å²) in [4.78, 5) is 38.9. The molecule has 1 aliphatic rings. The third-order valence-corrected chi connectivity index (χ3v) is 4.11.